The van der Waals surface area contributed by atoms with Gasteiger partial charge in [0.2, 0.25) is 0 Å². The minimum atomic E-state index is 0. The molecule has 0 unspecified atom stereocenters. The van der Waals surface area contributed by atoms with Crippen LogP contribution in [0.5, 0.6) is 5.75 Å². The molecular weight excluding hydrogens is 212 g/mol. The minimum Gasteiger partial charge on any atom is -0.508 e. The number of halogens is 1. The lowest BCUT2D eigenvalue weighted by molar-refractivity contribution is 0.404. The van der Waals surface area contributed by atoms with E-state index in [9.17, 15) is 5.11 Å². The number of phenolic OH excluding ortho intramolecular Hbond substituents is 1. The Balaban J connectivity index is 0.00000112. The van der Waals surface area contributed by atoms with E-state index in [0.717, 1.165) is 30.8 Å². The Kier molecular flexibility index (Phi) is 4.39. The number of phenols is 1. The number of aromatic hydroxyl groups is 1. The number of hydrogen-bond acceptors (Lipinski definition) is 3. The maximum Gasteiger partial charge on any atom is 0.120 e. The van der Waals surface area contributed by atoms with Gasteiger partial charge in [-0.25, -0.2) is 0 Å². The summed E-state index contributed by atoms with van der Waals surface area (Å²) in [5, 5.41) is 16.5. The molecule has 0 bridgehead atoms. The van der Waals surface area contributed by atoms with Crippen molar-refractivity contribution in [2.75, 3.05) is 19.6 Å². The van der Waals surface area contributed by atoms with Gasteiger partial charge in [0.1, 0.15) is 5.75 Å². The minimum absolute atomic E-state index is 0. The van der Waals surface area contributed by atoms with Crippen molar-refractivity contribution in [2.45, 2.75) is 13.0 Å². The first-order valence-corrected chi connectivity index (χ1v) is 5.01. The quantitative estimate of drug-likeness (QED) is 0.680. The van der Waals surface area contributed by atoms with Crippen LogP contribution in [0.3, 0.4) is 0 Å². The van der Waals surface area contributed by atoms with Crippen molar-refractivity contribution in [3.63, 3.8) is 0 Å². The van der Waals surface area contributed by atoms with E-state index in [1.165, 1.54) is 0 Å². The summed E-state index contributed by atoms with van der Waals surface area (Å²) < 4.78 is 0. The molecular formula is C11H17ClN2O. The topological polar surface area (TPSA) is 44.3 Å². The molecule has 0 aliphatic carbocycles. The summed E-state index contributed by atoms with van der Waals surface area (Å²) in [7, 11) is 0. The lowest BCUT2D eigenvalue weighted by atomic mass is 10.0. The molecule has 1 aromatic carbocycles. The molecule has 1 aliphatic heterocycles. The highest BCUT2D eigenvalue weighted by Gasteiger charge is 2.16. The van der Waals surface area contributed by atoms with Gasteiger partial charge >= 0.3 is 0 Å². The SMILES string of the molecule is Cc1ccc([C@H]2CNCCN2)c(O)c1.Cl. The zero-order valence-electron chi connectivity index (χ0n) is 8.79. The molecule has 1 saturated heterocycles. The highest BCUT2D eigenvalue weighted by Crippen LogP contribution is 2.25. The summed E-state index contributed by atoms with van der Waals surface area (Å²) in [6, 6.07) is 6.08. The second-order valence-electron chi connectivity index (χ2n) is 3.77. The summed E-state index contributed by atoms with van der Waals surface area (Å²) in [4.78, 5) is 0. The molecule has 1 heterocycles. The molecule has 3 N–H and O–H groups in total. The molecule has 84 valence electrons. The molecule has 0 amide bonds. The van der Waals surface area contributed by atoms with Crippen LogP contribution in [0.2, 0.25) is 0 Å². The number of rotatable bonds is 1. The lowest BCUT2D eigenvalue weighted by Crippen LogP contribution is -2.42. The fourth-order valence-corrected chi connectivity index (χ4v) is 1.82. The van der Waals surface area contributed by atoms with Gasteiger partial charge in [-0.2, -0.15) is 0 Å². The molecule has 0 saturated carbocycles. The molecule has 3 nitrogen and oxygen atoms in total. The zero-order valence-corrected chi connectivity index (χ0v) is 9.60. The second-order valence-corrected chi connectivity index (χ2v) is 3.77. The maximum atomic E-state index is 9.78. The van der Waals surface area contributed by atoms with Crippen LogP contribution in [0.4, 0.5) is 0 Å². The summed E-state index contributed by atoms with van der Waals surface area (Å²) in [6.07, 6.45) is 0. The Labute approximate surface area is 96.3 Å². The molecule has 4 heteroatoms. The third-order valence-electron chi connectivity index (χ3n) is 2.60. The van der Waals surface area contributed by atoms with Crippen LogP contribution >= 0.6 is 12.4 Å². The van der Waals surface area contributed by atoms with Crippen molar-refractivity contribution in [3.05, 3.63) is 29.3 Å². The Bertz CT molecular complexity index is 324. The van der Waals surface area contributed by atoms with Gasteiger partial charge in [0, 0.05) is 31.2 Å². The van der Waals surface area contributed by atoms with E-state index in [1.54, 1.807) is 0 Å². The molecule has 2 rings (SSSR count). The first-order chi connectivity index (χ1) is 6.77. The number of hydrogen-bond donors (Lipinski definition) is 3. The van der Waals surface area contributed by atoms with Crippen molar-refractivity contribution in [1.29, 1.82) is 0 Å². The number of aryl methyl sites for hydroxylation is 1. The number of benzene rings is 1. The van der Waals surface area contributed by atoms with E-state index in [-0.39, 0.29) is 18.4 Å². The predicted octanol–water partition coefficient (Wildman–Crippen LogP) is 1.36. The van der Waals surface area contributed by atoms with E-state index < -0.39 is 0 Å². The molecule has 0 radical (unpaired) electrons. The Morgan fingerprint density at radius 1 is 1.33 bits per heavy atom. The third kappa shape index (κ3) is 2.84. The van der Waals surface area contributed by atoms with Gasteiger partial charge in [-0.15, -0.1) is 12.4 Å². The summed E-state index contributed by atoms with van der Waals surface area (Å²) >= 11 is 0. The third-order valence-corrected chi connectivity index (χ3v) is 2.60. The van der Waals surface area contributed by atoms with Crippen LogP contribution in [0.15, 0.2) is 18.2 Å². The number of nitrogens with one attached hydrogen (secondary N) is 2. The van der Waals surface area contributed by atoms with Crippen molar-refractivity contribution >= 4 is 12.4 Å². The lowest BCUT2D eigenvalue weighted by Gasteiger charge is -2.25. The molecule has 1 atom stereocenters. The van der Waals surface area contributed by atoms with E-state index in [0.29, 0.717) is 5.75 Å². The number of piperazine rings is 1. The summed E-state index contributed by atoms with van der Waals surface area (Å²) in [6.45, 7) is 4.83. The summed E-state index contributed by atoms with van der Waals surface area (Å²) in [5.74, 6) is 0.395. The van der Waals surface area contributed by atoms with Crippen LogP contribution in [-0.2, 0) is 0 Å². The van der Waals surface area contributed by atoms with Gasteiger partial charge in [0.25, 0.3) is 0 Å². The van der Waals surface area contributed by atoms with E-state index in [4.69, 9.17) is 0 Å². The zero-order chi connectivity index (χ0) is 9.97. The van der Waals surface area contributed by atoms with Crippen LogP contribution in [-0.4, -0.2) is 24.7 Å². The van der Waals surface area contributed by atoms with E-state index >= 15 is 0 Å². The van der Waals surface area contributed by atoms with Gasteiger partial charge < -0.3 is 15.7 Å². The molecule has 0 spiro atoms. The highest BCUT2D eigenvalue weighted by atomic mass is 35.5. The average Bonchev–Trinajstić information content (AvgIpc) is 2.19. The van der Waals surface area contributed by atoms with Crippen molar-refractivity contribution in [3.8, 4) is 5.75 Å². The molecule has 1 aliphatic rings. The van der Waals surface area contributed by atoms with Crippen LogP contribution in [0, 0.1) is 6.92 Å². The van der Waals surface area contributed by atoms with Gasteiger partial charge in [-0.05, 0) is 18.6 Å². The normalized spacial score (nSPS) is 20.7. The predicted molar refractivity (Wildman–Crippen MR) is 63.7 cm³/mol. The van der Waals surface area contributed by atoms with Gasteiger partial charge in [-0.3, -0.25) is 0 Å². The highest BCUT2D eigenvalue weighted by molar-refractivity contribution is 5.85. The van der Waals surface area contributed by atoms with Crippen molar-refractivity contribution < 1.29 is 5.11 Å². The fourth-order valence-electron chi connectivity index (χ4n) is 1.82. The maximum absolute atomic E-state index is 9.78. The summed E-state index contributed by atoms with van der Waals surface area (Å²) in [5.41, 5.74) is 2.08. The molecule has 0 aromatic heterocycles. The Morgan fingerprint density at radius 3 is 2.73 bits per heavy atom. The van der Waals surface area contributed by atoms with Gasteiger partial charge in [0.15, 0.2) is 0 Å². The van der Waals surface area contributed by atoms with Crippen LogP contribution in [0.25, 0.3) is 0 Å². The van der Waals surface area contributed by atoms with Gasteiger partial charge in [-0.1, -0.05) is 12.1 Å². The first kappa shape index (κ1) is 12.3. The average molecular weight is 229 g/mol. The van der Waals surface area contributed by atoms with Gasteiger partial charge in [0.05, 0.1) is 0 Å². The first-order valence-electron chi connectivity index (χ1n) is 5.01. The Hall–Kier alpha value is -0.770. The second kappa shape index (κ2) is 5.35. The van der Waals surface area contributed by atoms with Crippen molar-refractivity contribution in [1.82, 2.24) is 10.6 Å². The molecule has 15 heavy (non-hydrogen) atoms. The van der Waals surface area contributed by atoms with Crippen LogP contribution in [0.1, 0.15) is 17.2 Å². The van der Waals surface area contributed by atoms with Crippen molar-refractivity contribution in [2.24, 2.45) is 0 Å². The van der Waals surface area contributed by atoms with E-state index in [2.05, 4.69) is 10.6 Å². The molecule has 1 fully saturated rings. The molecule has 1 aromatic rings. The van der Waals surface area contributed by atoms with E-state index in [1.807, 2.05) is 25.1 Å². The fraction of sp³-hybridized carbons (Fsp3) is 0.455. The Morgan fingerprint density at radius 2 is 2.13 bits per heavy atom. The monoisotopic (exact) mass is 228 g/mol. The largest absolute Gasteiger partial charge is 0.508 e. The standard InChI is InChI=1S/C11H16N2O.ClH/c1-8-2-3-9(11(14)6-8)10-7-12-4-5-13-10;/h2-3,6,10,12-14H,4-5,7H2,1H3;1H/t10-;/m1./s1. The van der Waals surface area contributed by atoms with Crippen LogP contribution < -0.4 is 10.6 Å². The smallest absolute Gasteiger partial charge is 0.120 e.